The van der Waals surface area contributed by atoms with E-state index in [1.165, 1.54) is 0 Å². The molecule has 1 amide bonds. The van der Waals surface area contributed by atoms with Crippen molar-refractivity contribution in [2.75, 3.05) is 18.9 Å². The van der Waals surface area contributed by atoms with Crippen molar-refractivity contribution < 1.29 is 9.32 Å². The van der Waals surface area contributed by atoms with Crippen molar-refractivity contribution in [3.05, 3.63) is 35.9 Å². The summed E-state index contributed by atoms with van der Waals surface area (Å²) in [5.74, 6) is 1.29. The fourth-order valence-electron chi connectivity index (χ4n) is 1.86. The number of hydrogen-bond acceptors (Lipinski definition) is 5. The average molecular weight is 288 g/mol. The number of pyridine rings is 1. The minimum absolute atomic E-state index is 0.0627. The third kappa shape index (κ3) is 4.05. The Morgan fingerprint density at radius 1 is 1.43 bits per heavy atom. The molecule has 0 aliphatic carbocycles. The molecule has 0 saturated heterocycles. The van der Waals surface area contributed by atoms with Gasteiger partial charge in [-0.2, -0.15) is 0 Å². The Hall–Kier alpha value is -2.37. The lowest BCUT2D eigenvalue weighted by Gasteiger charge is -2.16. The standard InChI is InChI=1S/C15H20N4O2/c1-4-5-8-19(3)15(20)13-7-6-12(10-16-13)17-14-9-11(2)21-18-14/h6-7,9-10H,4-5,8H2,1-3H3,(H,17,18). The molecular formula is C15H20N4O2. The molecular weight excluding hydrogens is 268 g/mol. The number of rotatable bonds is 6. The summed E-state index contributed by atoms with van der Waals surface area (Å²) in [5, 5.41) is 6.90. The van der Waals surface area contributed by atoms with Gasteiger partial charge in [0, 0.05) is 19.7 Å². The number of anilines is 2. The van der Waals surface area contributed by atoms with Gasteiger partial charge in [-0.3, -0.25) is 4.79 Å². The van der Waals surface area contributed by atoms with Crippen LogP contribution in [0, 0.1) is 6.92 Å². The molecule has 0 atom stereocenters. The first kappa shape index (κ1) is 15.0. The first-order valence-electron chi connectivity index (χ1n) is 7.02. The van der Waals surface area contributed by atoms with Gasteiger partial charge in [-0.25, -0.2) is 4.98 Å². The molecule has 0 radical (unpaired) electrons. The Morgan fingerprint density at radius 2 is 2.24 bits per heavy atom. The second kappa shape index (κ2) is 6.88. The largest absolute Gasteiger partial charge is 0.360 e. The summed E-state index contributed by atoms with van der Waals surface area (Å²) in [5.41, 5.74) is 1.20. The monoisotopic (exact) mass is 288 g/mol. The second-order valence-electron chi connectivity index (χ2n) is 4.96. The number of amides is 1. The minimum Gasteiger partial charge on any atom is -0.360 e. The summed E-state index contributed by atoms with van der Waals surface area (Å²) < 4.78 is 4.97. The summed E-state index contributed by atoms with van der Waals surface area (Å²) in [6.45, 7) is 4.67. The third-order valence-electron chi connectivity index (χ3n) is 3.08. The van der Waals surface area contributed by atoms with Crippen molar-refractivity contribution in [2.45, 2.75) is 26.7 Å². The number of hydrogen-bond donors (Lipinski definition) is 1. The molecule has 0 aromatic carbocycles. The van der Waals surface area contributed by atoms with E-state index in [2.05, 4.69) is 22.4 Å². The van der Waals surface area contributed by atoms with Gasteiger partial charge in [0.25, 0.3) is 5.91 Å². The minimum atomic E-state index is -0.0627. The predicted molar refractivity (Wildman–Crippen MR) is 80.6 cm³/mol. The summed E-state index contributed by atoms with van der Waals surface area (Å²) in [6.07, 6.45) is 3.67. The molecule has 0 fully saturated rings. The van der Waals surface area contributed by atoms with Crippen LogP contribution in [0.2, 0.25) is 0 Å². The van der Waals surface area contributed by atoms with E-state index < -0.39 is 0 Å². The zero-order valence-electron chi connectivity index (χ0n) is 12.6. The van der Waals surface area contributed by atoms with E-state index in [-0.39, 0.29) is 5.91 Å². The quantitative estimate of drug-likeness (QED) is 0.884. The lowest BCUT2D eigenvalue weighted by molar-refractivity contribution is 0.0787. The van der Waals surface area contributed by atoms with Crippen LogP contribution in [0.1, 0.15) is 36.0 Å². The number of aryl methyl sites for hydroxylation is 1. The molecule has 21 heavy (non-hydrogen) atoms. The third-order valence-corrected chi connectivity index (χ3v) is 3.08. The SMILES string of the molecule is CCCCN(C)C(=O)c1ccc(Nc2cc(C)on2)cn1. The first-order valence-corrected chi connectivity index (χ1v) is 7.02. The molecule has 0 bridgehead atoms. The summed E-state index contributed by atoms with van der Waals surface area (Å²) in [6, 6.07) is 5.30. The second-order valence-corrected chi connectivity index (χ2v) is 4.96. The molecule has 1 N–H and O–H groups in total. The van der Waals surface area contributed by atoms with Crippen molar-refractivity contribution in [1.82, 2.24) is 15.0 Å². The van der Waals surface area contributed by atoms with Gasteiger partial charge in [0.1, 0.15) is 11.5 Å². The van der Waals surface area contributed by atoms with Crippen molar-refractivity contribution >= 4 is 17.4 Å². The molecule has 112 valence electrons. The van der Waals surface area contributed by atoms with Crippen LogP contribution in [0.15, 0.2) is 28.9 Å². The lowest BCUT2D eigenvalue weighted by Crippen LogP contribution is -2.28. The Morgan fingerprint density at radius 3 is 2.81 bits per heavy atom. The summed E-state index contributed by atoms with van der Waals surface area (Å²) in [7, 11) is 1.80. The van der Waals surface area contributed by atoms with Crippen LogP contribution in [0.3, 0.4) is 0 Å². The number of aromatic nitrogens is 2. The van der Waals surface area contributed by atoms with Gasteiger partial charge < -0.3 is 14.7 Å². The van der Waals surface area contributed by atoms with E-state index in [9.17, 15) is 4.79 Å². The molecule has 6 nitrogen and oxygen atoms in total. The Balaban J connectivity index is 1.99. The highest BCUT2D eigenvalue weighted by Gasteiger charge is 2.12. The maximum atomic E-state index is 12.1. The highest BCUT2D eigenvalue weighted by atomic mass is 16.5. The van der Waals surface area contributed by atoms with Crippen LogP contribution in [0.4, 0.5) is 11.5 Å². The van der Waals surface area contributed by atoms with Gasteiger partial charge >= 0.3 is 0 Å². The van der Waals surface area contributed by atoms with Crippen molar-refractivity contribution in [2.24, 2.45) is 0 Å². The van der Waals surface area contributed by atoms with Gasteiger partial charge in [0.2, 0.25) is 0 Å². The normalized spacial score (nSPS) is 10.4. The van der Waals surface area contributed by atoms with E-state index in [1.54, 1.807) is 36.3 Å². The Bertz CT molecular complexity index is 592. The van der Waals surface area contributed by atoms with E-state index in [0.29, 0.717) is 11.5 Å². The molecule has 0 aliphatic heterocycles. The molecule has 2 aromatic heterocycles. The zero-order chi connectivity index (χ0) is 15.2. The highest BCUT2D eigenvalue weighted by Crippen LogP contribution is 2.15. The summed E-state index contributed by atoms with van der Waals surface area (Å²) in [4.78, 5) is 18.0. The summed E-state index contributed by atoms with van der Waals surface area (Å²) >= 11 is 0. The van der Waals surface area contributed by atoms with Crippen LogP contribution in [0.25, 0.3) is 0 Å². The van der Waals surface area contributed by atoms with Crippen molar-refractivity contribution in [1.29, 1.82) is 0 Å². The molecule has 2 heterocycles. The molecule has 0 spiro atoms. The molecule has 2 rings (SSSR count). The Kier molecular flexibility index (Phi) is 4.92. The Labute approximate surface area is 124 Å². The maximum absolute atomic E-state index is 12.1. The fraction of sp³-hybridized carbons (Fsp3) is 0.400. The van der Waals surface area contributed by atoms with Gasteiger partial charge in [-0.1, -0.05) is 18.5 Å². The van der Waals surface area contributed by atoms with Gasteiger partial charge in [0.05, 0.1) is 11.9 Å². The van der Waals surface area contributed by atoms with Crippen LogP contribution in [0.5, 0.6) is 0 Å². The molecule has 6 heteroatoms. The first-order chi connectivity index (χ1) is 10.1. The number of unbranched alkanes of at least 4 members (excludes halogenated alkanes) is 1. The lowest BCUT2D eigenvalue weighted by atomic mass is 10.2. The van der Waals surface area contributed by atoms with Gasteiger partial charge in [-0.15, -0.1) is 0 Å². The van der Waals surface area contributed by atoms with Crippen LogP contribution < -0.4 is 5.32 Å². The van der Waals surface area contributed by atoms with Crippen LogP contribution in [-0.2, 0) is 0 Å². The average Bonchev–Trinajstić information content (AvgIpc) is 2.90. The highest BCUT2D eigenvalue weighted by molar-refractivity contribution is 5.92. The topological polar surface area (TPSA) is 71.3 Å². The van der Waals surface area contributed by atoms with Gasteiger partial charge in [0.15, 0.2) is 5.82 Å². The van der Waals surface area contributed by atoms with Crippen molar-refractivity contribution in [3.63, 3.8) is 0 Å². The molecule has 0 saturated carbocycles. The van der Waals surface area contributed by atoms with E-state index in [0.717, 1.165) is 30.8 Å². The van der Waals surface area contributed by atoms with Crippen molar-refractivity contribution in [3.8, 4) is 0 Å². The smallest absolute Gasteiger partial charge is 0.272 e. The molecule has 0 unspecified atom stereocenters. The fourth-order valence-corrected chi connectivity index (χ4v) is 1.86. The number of carbonyl (C=O) groups is 1. The zero-order valence-corrected chi connectivity index (χ0v) is 12.6. The van der Waals surface area contributed by atoms with Gasteiger partial charge in [-0.05, 0) is 25.5 Å². The maximum Gasteiger partial charge on any atom is 0.272 e. The van der Waals surface area contributed by atoms with Crippen LogP contribution >= 0.6 is 0 Å². The van der Waals surface area contributed by atoms with Crippen LogP contribution in [-0.4, -0.2) is 34.5 Å². The number of carbonyl (C=O) groups excluding carboxylic acids is 1. The van der Waals surface area contributed by atoms with E-state index in [4.69, 9.17) is 4.52 Å². The van der Waals surface area contributed by atoms with E-state index in [1.807, 2.05) is 6.92 Å². The number of nitrogens with one attached hydrogen (secondary N) is 1. The predicted octanol–water partition coefficient (Wildman–Crippen LogP) is 2.99. The van der Waals surface area contributed by atoms with E-state index >= 15 is 0 Å². The molecule has 0 aliphatic rings. The molecule has 2 aromatic rings. The number of nitrogens with zero attached hydrogens (tertiary/aromatic N) is 3.